The van der Waals surface area contributed by atoms with E-state index in [0.717, 1.165) is 63.6 Å². The Morgan fingerprint density at radius 1 is 1.11 bits per heavy atom. The molecule has 1 aromatic rings. The first kappa shape index (κ1) is 20.6. The smallest absolute Gasteiger partial charge is 0.222 e. The lowest BCUT2D eigenvalue weighted by Crippen LogP contribution is -2.40. The predicted molar refractivity (Wildman–Crippen MR) is 108 cm³/mol. The number of carbonyl (C=O) groups excluding carboxylic acids is 1. The number of carbonyl (C=O) groups is 1. The van der Waals surface area contributed by atoms with Crippen molar-refractivity contribution in [3.8, 4) is 0 Å². The highest BCUT2D eigenvalue weighted by Crippen LogP contribution is 2.39. The lowest BCUT2D eigenvalue weighted by atomic mass is 9.72. The monoisotopic (exact) mass is 395 g/mol. The quantitative estimate of drug-likeness (QED) is 0.854. The first-order valence-electron chi connectivity index (χ1n) is 10.4. The largest absolute Gasteiger partial charge is 0.343 e. The molecule has 6 nitrogen and oxygen atoms in total. The number of nitrogens with zero attached hydrogens (tertiary/aromatic N) is 4. The van der Waals surface area contributed by atoms with E-state index < -0.39 is 0 Å². The van der Waals surface area contributed by atoms with Crippen molar-refractivity contribution in [2.75, 3.05) is 19.6 Å². The van der Waals surface area contributed by atoms with Crippen LogP contribution in [0, 0.1) is 11.3 Å². The SMILES string of the molecule is CC1(C)CCC(CC(=O)N2CCC(c3nnc4n3CCNC4)CC2)CC1.Cl. The van der Waals surface area contributed by atoms with Gasteiger partial charge in [-0.05, 0) is 49.9 Å². The fourth-order valence-electron chi connectivity index (χ4n) is 4.84. The molecule has 3 aliphatic rings. The van der Waals surface area contributed by atoms with Gasteiger partial charge in [-0.2, -0.15) is 0 Å². The second kappa shape index (κ2) is 8.48. The molecule has 1 aromatic heterocycles. The van der Waals surface area contributed by atoms with Gasteiger partial charge >= 0.3 is 0 Å². The number of aromatic nitrogens is 3. The number of nitrogens with one attached hydrogen (secondary N) is 1. The topological polar surface area (TPSA) is 63.1 Å². The maximum atomic E-state index is 12.7. The Morgan fingerprint density at radius 3 is 2.52 bits per heavy atom. The van der Waals surface area contributed by atoms with Crippen molar-refractivity contribution in [2.24, 2.45) is 11.3 Å². The average Bonchev–Trinajstić information content (AvgIpc) is 3.08. The molecular weight excluding hydrogens is 362 g/mol. The molecule has 152 valence electrons. The van der Waals surface area contributed by atoms with E-state index in [-0.39, 0.29) is 12.4 Å². The van der Waals surface area contributed by atoms with E-state index in [1.807, 2.05) is 0 Å². The van der Waals surface area contributed by atoms with Crippen molar-refractivity contribution in [2.45, 2.75) is 77.8 Å². The number of amides is 1. The Hall–Kier alpha value is -1.14. The van der Waals surface area contributed by atoms with Crippen LogP contribution in [0.15, 0.2) is 0 Å². The van der Waals surface area contributed by atoms with Gasteiger partial charge in [-0.25, -0.2) is 0 Å². The number of rotatable bonds is 3. The van der Waals surface area contributed by atoms with Gasteiger partial charge in [0.15, 0.2) is 0 Å². The van der Waals surface area contributed by atoms with Gasteiger partial charge in [0, 0.05) is 38.5 Å². The summed E-state index contributed by atoms with van der Waals surface area (Å²) in [6.45, 7) is 9.25. The molecule has 7 heteroatoms. The maximum absolute atomic E-state index is 12.7. The van der Waals surface area contributed by atoms with Gasteiger partial charge in [-0.1, -0.05) is 13.8 Å². The van der Waals surface area contributed by atoms with Crippen LogP contribution in [-0.2, 0) is 17.9 Å². The Balaban J connectivity index is 0.00000210. The van der Waals surface area contributed by atoms with Crippen LogP contribution >= 0.6 is 12.4 Å². The minimum absolute atomic E-state index is 0. The predicted octanol–water partition coefficient (Wildman–Crippen LogP) is 3.12. The van der Waals surface area contributed by atoms with Gasteiger partial charge in [0.2, 0.25) is 5.91 Å². The third kappa shape index (κ3) is 4.65. The molecule has 1 saturated carbocycles. The van der Waals surface area contributed by atoms with Gasteiger partial charge in [0.05, 0.1) is 6.54 Å². The van der Waals surface area contributed by atoms with Crippen LogP contribution in [0.3, 0.4) is 0 Å². The summed E-state index contributed by atoms with van der Waals surface area (Å²) < 4.78 is 2.29. The highest BCUT2D eigenvalue weighted by molar-refractivity contribution is 5.85. The van der Waals surface area contributed by atoms with Crippen molar-refractivity contribution >= 4 is 18.3 Å². The first-order chi connectivity index (χ1) is 12.5. The fraction of sp³-hybridized carbons (Fsp3) is 0.850. The molecule has 1 amide bonds. The highest BCUT2D eigenvalue weighted by Gasteiger charge is 2.32. The highest BCUT2D eigenvalue weighted by atomic mass is 35.5. The molecule has 0 spiro atoms. The molecule has 0 aromatic carbocycles. The molecule has 27 heavy (non-hydrogen) atoms. The number of halogens is 1. The minimum Gasteiger partial charge on any atom is -0.343 e. The van der Waals surface area contributed by atoms with Crippen LogP contribution < -0.4 is 5.32 Å². The van der Waals surface area contributed by atoms with E-state index >= 15 is 0 Å². The van der Waals surface area contributed by atoms with Crippen LogP contribution in [0.5, 0.6) is 0 Å². The van der Waals surface area contributed by atoms with Gasteiger partial charge in [-0.3, -0.25) is 4.79 Å². The lowest BCUT2D eigenvalue weighted by molar-refractivity contribution is -0.133. The second-order valence-corrected chi connectivity index (χ2v) is 9.27. The van der Waals surface area contributed by atoms with Crippen molar-refractivity contribution in [3.05, 3.63) is 11.6 Å². The minimum atomic E-state index is 0. The summed E-state index contributed by atoms with van der Waals surface area (Å²) in [6, 6.07) is 0. The van der Waals surface area contributed by atoms with E-state index in [0.29, 0.717) is 23.2 Å². The normalized spacial score (nSPS) is 23.6. The van der Waals surface area contributed by atoms with Gasteiger partial charge in [0.1, 0.15) is 11.6 Å². The summed E-state index contributed by atoms with van der Waals surface area (Å²) >= 11 is 0. The zero-order valence-electron chi connectivity index (χ0n) is 16.7. The second-order valence-electron chi connectivity index (χ2n) is 9.27. The lowest BCUT2D eigenvalue weighted by Gasteiger charge is -2.36. The molecular formula is C20H34ClN5O. The summed E-state index contributed by atoms with van der Waals surface area (Å²) in [4.78, 5) is 14.8. The number of hydrogen-bond donors (Lipinski definition) is 1. The van der Waals surface area contributed by atoms with E-state index in [9.17, 15) is 4.79 Å². The van der Waals surface area contributed by atoms with Crippen LogP contribution in [0.1, 0.15) is 76.4 Å². The van der Waals surface area contributed by atoms with Crippen LogP contribution in [0.2, 0.25) is 0 Å². The number of hydrogen-bond acceptors (Lipinski definition) is 4. The Morgan fingerprint density at radius 2 is 1.81 bits per heavy atom. The third-order valence-electron chi connectivity index (χ3n) is 6.79. The summed E-state index contributed by atoms with van der Waals surface area (Å²) in [5.74, 6) is 3.63. The standard InChI is InChI=1S/C20H33N5O.ClH/c1-20(2)7-3-15(4-8-20)13-18(26)24-10-5-16(6-11-24)19-23-22-17-14-21-9-12-25(17)19;/h15-16,21H,3-14H2,1-2H3;1H. The molecule has 0 radical (unpaired) electrons. The van der Waals surface area contributed by atoms with E-state index in [4.69, 9.17) is 0 Å². The molecule has 1 aliphatic carbocycles. The van der Waals surface area contributed by atoms with Crippen LogP contribution in [-0.4, -0.2) is 45.2 Å². The Labute approximate surface area is 168 Å². The first-order valence-corrected chi connectivity index (χ1v) is 10.4. The van der Waals surface area contributed by atoms with E-state index in [1.165, 1.54) is 25.7 Å². The molecule has 3 heterocycles. The van der Waals surface area contributed by atoms with Crippen LogP contribution in [0.25, 0.3) is 0 Å². The van der Waals surface area contributed by atoms with Crippen molar-refractivity contribution in [3.63, 3.8) is 0 Å². The van der Waals surface area contributed by atoms with Crippen molar-refractivity contribution in [1.29, 1.82) is 0 Å². The molecule has 4 rings (SSSR count). The Bertz CT molecular complexity index is 641. The Kier molecular flexibility index (Phi) is 6.46. The van der Waals surface area contributed by atoms with Gasteiger partial charge < -0.3 is 14.8 Å². The zero-order chi connectivity index (χ0) is 18.1. The van der Waals surface area contributed by atoms with Gasteiger partial charge in [0.25, 0.3) is 0 Å². The molecule has 1 saturated heterocycles. The molecule has 0 atom stereocenters. The summed E-state index contributed by atoms with van der Waals surface area (Å²) in [6.07, 6.45) is 7.76. The summed E-state index contributed by atoms with van der Waals surface area (Å²) in [7, 11) is 0. The van der Waals surface area contributed by atoms with Gasteiger partial charge in [-0.15, -0.1) is 22.6 Å². The van der Waals surface area contributed by atoms with Crippen molar-refractivity contribution < 1.29 is 4.79 Å². The molecule has 0 bridgehead atoms. The fourth-order valence-corrected chi connectivity index (χ4v) is 4.84. The molecule has 2 aliphatic heterocycles. The number of piperidine rings is 1. The molecule has 0 unspecified atom stereocenters. The van der Waals surface area contributed by atoms with Crippen LogP contribution in [0.4, 0.5) is 0 Å². The maximum Gasteiger partial charge on any atom is 0.222 e. The number of fused-ring (bicyclic) bond motifs is 1. The summed E-state index contributed by atoms with van der Waals surface area (Å²) in [5.41, 5.74) is 0.477. The zero-order valence-corrected chi connectivity index (χ0v) is 17.6. The number of likely N-dealkylation sites (tertiary alicyclic amines) is 1. The third-order valence-corrected chi connectivity index (χ3v) is 6.79. The molecule has 2 fully saturated rings. The molecule has 1 N–H and O–H groups in total. The van der Waals surface area contributed by atoms with Crippen molar-refractivity contribution in [1.82, 2.24) is 25.0 Å². The van der Waals surface area contributed by atoms with E-state index in [2.05, 4.69) is 38.8 Å². The summed E-state index contributed by atoms with van der Waals surface area (Å²) in [5, 5.41) is 12.2. The van der Waals surface area contributed by atoms with E-state index in [1.54, 1.807) is 0 Å². The average molecular weight is 396 g/mol.